The molecule has 0 bridgehead atoms. The molecule has 6 heteroatoms. The molecular weight excluding hydrogens is 358 g/mol. The van der Waals surface area contributed by atoms with Crippen LogP contribution in [0.5, 0.6) is 0 Å². The number of carbonyl (C=O) groups excluding carboxylic acids is 2. The van der Waals surface area contributed by atoms with Crippen LogP contribution in [0.2, 0.25) is 0 Å². The van der Waals surface area contributed by atoms with Crippen molar-refractivity contribution in [2.24, 2.45) is 11.7 Å². The van der Waals surface area contributed by atoms with Gasteiger partial charge in [-0.1, -0.05) is 48.6 Å². The van der Waals surface area contributed by atoms with Gasteiger partial charge in [0.05, 0.1) is 22.3 Å². The van der Waals surface area contributed by atoms with E-state index in [1.165, 1.54) is 0 Å². The molecule has 0 fully saturated rings. The molecular formula is C21H21N3O2S. The van der Waals surface area contributed by atoms with Crippen LogP contribution in [0.25, 0.3) is 0 Å². The van der Waals surface area contributed by atoms with E-state index < -0.39 is 11.8 Å². The van der Waals surface area contributed by atoms with E-state index in [0.717, 1.165) is 22.5 Å². The van der Waals surface area contributed by atoms with Gasteiger partial charge in [-0.25, -0.2) is 0 Å². The van der Waals surface area contributed by atoms with Gasteiger partial charge in [-0.05, 0) is 43.5 Å². The van der Waals surface area contributed by atoms with Crippen molar-refractivity contribution in [3.8, 4) is 0 Å². The van der Waals surface area contributed by atoms with E-state index in [-0.39, 0.29) is 12.3 Å². The van der Waals surface area contributed by atoms with Crippen LogP contribution < -0.4 is 16.0 Å². The number of aryl methyl sites for hydroxylation is 2. The van der Waals surface area contributed by atoms with Crippen LogP contribution >= 0.6 is 12.2 Å². The highest BCUT2D eigenvalue weighted by atomic mass is 32.1. The summed E-state index contributed by atoms with van der Waals surface area (Å²) < 4.78 is 0. The van der Waals surface area contributed by atoms with Gasteiger partial charge in [-0.2, -0.15) is 0 Å². The van der Waals surface area contributed by atoms with Crippen molar-refractivity contribution in [2.45, 2.75) is 20.3 Å². The Morgan fingerprint density at radius 1 is 1.04 bits per heavy atom. The Hall–Kier alpha value is -2.99. The van der Waals surface area contributed by atoms with Crippen LogP contribution in [0.1, 0.15) is 17.5 Å². The fourth-order valence-corrected chi connectivity index (χ4v) is 3.39. The summed E-state index contributed by atoms with van der Waals surface area (Å²) in [4.78, 5) is 27.2. The van der Waals surface area contributed by atoms with E-state index in [9.17, 15) is 9.59 Å². The molecule has 0 aromatic heterocycles. The Morgan fingerprint density at radius 2 is 1.56 bits per heavy atom. The van der Waals surface area contributed by atoms with Gasteiger partial charge in [0.25, 0.3) is 5.91 Å². The monoisotopic (exact) mass is 379 g/mol. The molecule has 3 N–H and O–H groups in total. The lowest BCUT2D eigenvalue weighted by atomic mass is 9.94. The van der Waals surface area contributed by atoms with Gasteiger partial charge in [0.1, 0.15) is 0 Å². The molecule has 138 valence electrons. The van der Waals surface area contributed by atoms with Gasteiger partial charge < -0.3 is 11.1 Å². The third kappa shape index (κ3) is 3.75. The summed E-state index contributed by atoms with van der Waals surface area (Å²) in [6.45, 7) is 3.92. The summed E-state index contributed by atoms with van der Waals surface area (Å²) >= 11 is 5.16. The number of para-hydroxylation sites is 2. The number of anilines is 2. The summed E-state index contributed by atoms with van der Waals surface area (Å²) in [5.74, 6) is -1.43. The zero-order chi connectivity index (χ0) is 19.6. The summed E-state index contributed by atoms with van der Waals surface area (Å²) in [5.41, 5.74) is 9.44. The number of carbonyl (C=O) groups is 2. The van der Waals surface area contributed by atoms with Crippen LogP contribution in [0, 0.1) is 19.8 Å². The predicted molar refractivity (Wildman–Crippen MR) is 111 cm³/mol. The first-order valence-electron chi connectivity index (χ1n) is 8.64. The second-order valence-electron chi connectivity index (χ2n) is 6.55. The standard InChI is InChI=1S/C21H21N3O2S/c1-13-7-3-5-9-17(13)24(18-10-6-4-8-14(18)2)21(26)15-11-16(19(22)25)20(27)23-12-15/h3-10,12,16H,11H2,1-2H3,(H2,22,25)(H,23,27). The van der Waals surface area contributed by atoms with Crippen LogP contribution in [-0.2, 0) is 9.59 Å². The van der Waals surface area contributed by atoms with E-state index in [1.807, 2.05) is 62.4 Å². The van der Waals surface area contributed by atoms with Crippen LogP contribution in [0.15, 0.2) is 60.3 Å². The minimum atomic E-state index is -0.681. The van der Waals surface area contributed by atoms with Crippen molar-refractivity contribution < 1.29 is 9.59 Å². The van der Waals surface area contributed by atoms with Gasteiger partial charge in [0.2, 0.25) is 5.91 Å². The normalized spacial score (nSPS) is 16.3. The zero-order valence-corrected chi connectivity index (χ0v) is 16.0. The fraction of sp³-hybridized carbons (Fsp3) is 0.190. The van der Waals surface area contributed by atoms with Crippen LogP contribution in [0.4, 0.5) is 11.4 Å². The van der Waals surface area contributed by atoms with Gasteiger partial charge in [-0.3, -0.25) is 14.5 Å². The first kappa shape index (κ1) is 18.8. The molecule has 1 heterocycles. The van der Waals surface area contributed by atoms with E-state index >= 15 is 0 Å². The van der Waals surface area contributed by atoms with Gasteiger partial charge >= 0.3 is 0 Å². The maximum Gasteiger partial charge on any atom is 0.260 e. The quantitative estimate of drug-likeness (QED) is 0.800. The highest BCUT2D eigenvalue weighted by Crippen LogP contribution is 2.33. The first-order valence-corrected chi connectivity index (χ1v) is 9.05. The average Bonchev–Trinajstić information content (AvgIpc) is 2.65. The van der Waals surface area contributed by atoms with Crippen molar-refractivity contribution in [1.29, 1.82) is 0 Å². The molecule has 0 radical (unpaired) electrons. The molecule has 0 saturated heterocycles. The van der Waals surface area contributed by atoms with Crippen LogP contribution in [0.3, 0.4) is 0 Å². The molecule has 2 amide bonds. The van der Waals surface area contributed by atoms with E-state index in [4.69, 9.17) is 18.0 Å². The number of nitrogens with two attached hydrogens (primary N) is 1. The Labute approximate surface area is 163 Å². The third-order valence-electron chi connectivity index (χ3n) is 4.66. The lowest BCUT2D eigenvalue weighted by Gasteiger charge is -2.29. The number of thiocarbonyl (C=S) groups is 1. The molecule has 2 aromatic rings. The molecule has 1 atom stereocenters. The molecule has 0 saturated carbocycles. The topological polar surface area (TPSA) is 75.4 Å². The SMILES string of the molecule is Cc1ccccc1N(C(=O)C1=CNC(=S)C(C(N)=O)C1)c1ccccc1C. The van der Waals surface area contributed by atoms with Gasteiger partial charge in [0, 0.05) is 11.8 Å². The van der Waals surface area contributed by atoms with E-state index in [0.29, 0.717) is 10.6 Å². The largest absolute Gasteiger partial charge is 0.369 e. The lowest BCUT2D eigenvalue weighted by molar-refractivity contribution is -0.120. The smallest absolute Gasteiger partial charge is 0.260 e. The van der Waals surface area contributed by atoms with E-state index in [1.54, 1.807) is 11.1 Å². The second kappa shape index (κ2) is 7.72. The minimum Gasteiger partial charge on any atom is -0.369 e. The number of hydrogen-bond acceptors (Lipinski definition) is 3. The first-order chi connectivity index (χ1) is 12.9. The molecule has 3 rings (SSSR count). The maximum absolute atomic E-state index is 13.5. The predicted octanol–water partition coefficient (Wildman–Crippen LogP) is 3.27. The maximum atomic E-state index is 13.5. The van der Waals surface area contributed by atoms with Gasteiger partial charge in [-0.15, -0.1) is 0 Å². The highest BCUT2D eigenvalue weighted by molar-refractivity contribution is 7.80. The number of nitrogens with zero attached hydrogens (tertiary/aromatic N) is 1. The summed E-state index contributed by atoms with van der Waals surface area (Å²) in [6, 6.07) is 15.4. The van der Waals surface area contributed by atoms with Crippen molar-refractivity contribution in [3.05, 3.63) is 71.4 Å². The van der Waals surface area contributed by atoms with Crippen molar-refractivity contribution in [2.75, 3.05) is 4.90 Å². The Bertz CT molecular complexity index is 906. The fourth-order valence-electron chi connectivity index (χ4n) is 3.13. The lowest BCUT2D eigenvalue weighted by Crippen LogP contribution is -2.41. The molecule has 0 aliphatic carbocycles. The summed E-state index contributed by atoms with van der Waals surface area (Å²) in [7, 11) is 0. The van der Waals surface area contributed by atoms with Crippen LogP contribution in [-0.4, -0.2) is 16.8 Å². The van der Waals surface area contributed by atoms with Gasteiger partial charge in [0.15, 0.2) is 0 Å². The Kier molecular flexibility index (Phi) is 5.37. The second-order valence-corrected chi connectivity index (χ2v) is 6.99. The summed E-state index contributed by atoms with van der Waals surface area (Å²) in [6.07, 6.45) is 1.77. The molecule has 1 unspecified atom stereocenters. The molecule has 5 nitrogen and oxygen atoms in total. The summed E-state index contributed by atoms with van der Waals surface area (Å²) in [5, 5.41) is 2.85. The number of amides is 2. The van der Waals surface area contributed by atoms with E-state index in [2.05, 4.69) is 5.32 Å². The highest BCUT2D eigenvalue weighted by Gasteiger charge is 2.32. The third-order valence-corrected chi connectivity index (χ3v) is 5.07. The molecule has 1 aliphatic rings. The number of benzene rings is 2. The Morgan fingerprint density at radius 3 is 2.04 bits per heavy atom. The Balaban J connectivity index is 2.08. The number of primary amides is 1. The molecule has 2 aromatic carbocycles. The minimum absolute atomic E-state index is 0.189. The average molecular weight is 379 g/mol. The van der Waals surface area contributed by atoms with Crippen molar-refractivity contribution in [3.63, 3.8) is 0 Å². The molecule has 27 heavy (non-hydrogen) atoms. The number of rotatable bonds is 4. The zero-order valence-electron chi connectivity index (χ0n) is 15.2. The number of hydrogen-bond donors (Lipinski definition) is 2. The van der Waals surface area contributed by atoms with Crippen molar-refractivity contribution >= 4 is 40.4 Å². The molecule has 0 spiro atoms. The number of nitrogens with one attached hydrogen (secondary N) is 1. The molecule has 1 aliphatic heterocycles. The van der Waals surface area contributed by atoms with Crippen molar-refractivity contribution in [1.82, 2.24) is 5.32 Å².